The maximum Gasteiger partial charge on any atom is 0.330 e. The monoisotopic (exact) mass is 581 g/mol. The number of aromatic amines is 1. The van der Waals surface area contributed by atoms with Crippen molar-refractivity contribution in [1.29, 1.82) is 0 Å². The van der Waals surface area contributed by atoms with E-state index in [-0.39, 0.29) is 12.0 Å². The number of rotatable bonds is 11. The lowest BCUT2D eigenvalue weighted by atomic mass is 9.95. The Balaban J connectivity index is 1.89. The molecule has 14 heteroatoms. The van der Waals surface area contributed by atoms with Gasteiger partial charge in [-0.25, -0.2) is 9.88 Å². The Hall–Kier alpha value is -2.82. The minimum atomic E-state index is -3.54. The summed E-state index contributed by atoms with van der Waals surface area (Å²) in [5, 5.41) is 24.9. The standard InChI is InChI=1S/C25H32N3O9PS/c1-6-25(33)21(30)18(36-23(25)28-13-12-19(29)26-24(28)32)14-34-38(39,37-17-10-8-7-9-11-17)27-20(15(2)3)22(31)35-16(4)5/h1,7-13,15-16,18,20-21,23,30,33H,14H2,2-5H3,(H,27,39)(H,26,29,32)/t18-,20?,21-,23-,25-,38?/m1/s1. The number of ether oxygens (including phenoxy) is 2. The molecule has 39 heavy (non-hydrogen) atoms. The molecular weight excluding hydrogens is 549 g/mol. The molecule has 12 nitrogen and oxygen atoms in total. The normalized spacial score (nSPS) is 25.2. The van der Waals surface area contributed by atoms with Gasteiger partial charge in [-0.3, -0.25) is 19.1 Å². The van der Waals surface area contributed by atoms with Gasteiger partial charge < -0.3 is 28.7 Å². The van der Waals surface area contributed by atoms with Crippen molar-refractivity contribution in [1.82, 2.24) is 14.6 Å². The molecule has 6 atom stereocenters. The lowest BCUT2D eigenvalue weighted by Gasteiger charge is -2.31. The van der Waals surface area contributed by atoms with Crippen LogP contribution in [0.3, 0.4) is 0 Å². The van der Waals surface area contributed by atoms with Crippen LogP contribution in [0, 0.1) is 18.3 Å². The van der Waals surface area contributed by atoms with E-state index in [0.29, 0.717) is 5.75 Å². The first kappa shape index (κ1) is 30.7. The highest BCUT2D eigenvalue weighted by Gasteiger charge is 2.56. The number of terminal acetylenes is 1. The summed E-state index contributed by atoms with van der Waals surface area (Å²) < 4.78 is 24.0. The van der Waals surface area contributed by atoms with Gasteiger partial charge in [0.25, 0.3) is 5.56 Å². The van der Waals surface area contributed by atoms with Gasteiger partial charge in [0.15, 0.2) is 11.8 Å². The summed E-state index contributed by atoms with van der Waals surface area (Å²) in [5.74, 6) is 1.62. The third kappa shape index (κ3) is 7.23. The van der Waals surface area contributed by atoms with Crippen molar-refractivity contribution in [3.05, 3.63) is 63.4 Å². The molecule has 3 rings (SSSR count). The number of aromatic nitrogens is 2. The van der Waals surface area contributed by atoms with Gasteiger partial charge in [-0.15, -0.1) is 6.42 Å². The van der Waals surface area contributed by atoms with Gasteiger partial charge in [-0.05, 0) is 43.7 Å². The first-order chi connectivity index (χ1) is 18.3. The first-order valence-electron chi connectivity index (χ1n) is 12.1. The van der Waals surface area contributed by atoms with Crippen molar-refractivity contribution in [2.24, 2.45) is 5.92 Å². The second-order valence-electron chi connectivity index (χ2n) is 9.49. The fraction of sp³-hybridized carbons (Fsp3) is 0.480. The number of para-hydroxylation sites is 1. The van der Waals surface area contributed by atoms with Gasteiger partial charge >= 0.3 is 18.3 Å². The summed E-state index contributed by atoms with van der Waals surface area (Å²) in [4.78, 5) is 38.7. The summed E-state index contributed by atoms with van der Waals surface area (Å²) in [5.41, 5.74) is -3.93. The highest BCUT2D eigenvalue weighted by Crippen LogP contribution is 2.47. The van der Waals surface area contributed by atoms with Crippen LogP contribution in [0.15, 0.2) is 52.2 Å². The zero-order valence-corrected chi connectivity index (χ0v) is 23.6. The Morgan fingerprint density at radius 2 is 1.95 bits per heavy atom. The minimum absolute atomic E-state index is 0.266. The molecular formula is C25H32N3O9PS. The number of nitrogens with one attached hydrogen (secondary N) is 2. The van der Waals surface area contributed by atoms with E-state index < -0.39 is 60.5 Å². The third-order valence-electron chi connectivity index (χ3n) is 5.77. The van der Waals surface area contributed by atoms with E-state index in [0.717, 1.165) is 16.8 Å². The van der Waals surface area contributed by atoms with Crippen LogP contribution in [0.4, 0.5) is 0 Å². The molecule has 4 N–H and O–H groups in total. The van der Waals surface area contributed by atoms with Crippen LogP contribution in [0.1, 0.15) is 33.9 Å². The van der Waals surface area contributed by atoms with Crippen LogP contribution in [-0.2, 0) is 30.6 Å². The predicted octanol–water partition coefficient (Wildman–Crippen LogP) is 1.05. The summed E-state index contributed by atoms with van der Waals surface area (Å²) in [6.45, 7) is 3.05. The van der Waals surface area contributed by atoms with Crippen molar-refractivity contribution in [2.45, 2.75) is 63.9 Å². The molecule has 1 fully saturated rings. The summed E-state index contributed by atoms with van der Waals surface area (Å²) in [6.07, 6.45) is 1.67. The second-order valence-corrected chi connectivity index (χ2v) is 12.6. The Bertz CT molecular complexity index is 1360. The SMILES string of the molecule is C#C[C@@]1(O)[C@H](O)[C@@H](COP(=S)(NC(C(=O)OC(C)C)C(C)C)Oc2ccccc2)O[C@H]1n1ccc(=O)[nH]c1=O. The Morgan fingerprint density at radius 1 is 1.28 bits per heavy atom. The number of H-pyrrole nitrogens is 1. The van der Waals surface area contributed by atoms with E-state index in [2.05, 4.69) is 11.0 Å². The summed E-state index contributed by atoms with van der Waals surface area (Å²) in [6, 6.07) is 8.68. The Kier molecular flexibility index (Phi) is 9.90. The summed E-state index contributed by atoms with van der Waals surface area (Å²) >= 11 is 5.74. The molecule has 0 bridgehead atoms. The van der Waals surface area contributed by atoms with E-state index in [1.807, 2.05) is 4.98 Å². The Labute approximate surface area is 230 Å². The molecule has 1 saturated heterocycles. The fourth-order valence-electron chi connectivity index (χ4n) is 3.78. The van der Waals surface area contributed by atoms with Gasteiger partial charge in [-0.1, -0.05) is 38.0 Å². The van der Waals surface area contributed by atoms with E-state index in [4.69, 9.17) is 36.8 Å². The smallest absolute Gasteiger partial charge is 0.330 e. The summed E-state index contributed by atoms with van der Waals surface area (Å²) in [7, 11) is 0. The largest absolute Gasteiger partial charge is 0.462 e. The fourth-order valence-corrected chi connectivity index (χ4v) is 6.23. The maximum atomic E-state index is 12.8. The molecule has 1 aromatic carbocycles. The van der Waals surface area contributed by atoms with Gasteiger partial charge in [-0.2, -0.15) is 0 Å². The van der Waals surface area contributed by atoms with Crippen LogP contribution in [0.5, 0.6) is 5.75 Å². The molecule has 0 spiro atoms. The van der Waals surface area contributed by atoms with Crippen molar-refractivity contribution in [2.75, 3.05) is 6.61 Å². The van der Waals surface area contributed by atoms with Crippen LogP contribution in [0.25, 0.3) is 0 Å². The van der Waals surface area contributed by atoms with Crippen molar-refractivity contribution in [3.63, 3.8) is 0 Å². The number of carbonyl (C=O) groups excluding carboxylic acids is 1. The molecule has 1 aliphatic rings. The Morgan fingerprint density at radius 3 is 2.51 bits per heavy atom. The molecule has 2 heterocycles. The molecule has 0 radical (unpaired) electrons. The van der Waals surface area contributed by atoms with Crippen molar-refractivity contribution >= 4 is 24.4 Å². The molecule has 0 aliphatic carbocycles. The number of hydrogen-bond donors (Lipinski definition) is 4. The van der Waals surface area contributed by atoms with E-state index >= 15 is 0 Å². The van der Waals surface area contributed by atoms with Crippen LogP contribution in [0.2, 0.25) is 0 Å². The average Bonchev–Trinajstić information content (AvgIpc) is 3.12. The first-order valence-corrected chi connectivity index (χ1v) is 14.8. The van der Waals surface area contributed by atoms with Crippen LogP contribution in [-0.4, -0.2) is 62.3 Å². The quantitative estimate of drug-likeness (QED) is 0.171. The molecule has 212 valence electrons. The molecule has 1 aliphatic heterocycles. The molecule has 0 saturated carbocycles. The number of aliphatic hydroxyl groups is 2. The maximum absolute atomic E-state index is 12.8. The number of benzene rings is 1. The highest BCUT2D eigenvalue weighted by atomic mass is 32.5. The average molecular weight is 582 g/mol. The lowest BCUT2D eigenvalue weighted by molar-refractivity contribution is -0.150. The number of hydrogen-bond acceptors (Lipinski definition) is 10. The topological polar surface area (TPSA) is 161 Å². The third-order valence-corrected chi connectivity index (χ3v) is 8.16. The predicted molar refractivity (Wildman–Crippen MR) is 145 cm³/mol. The lowest BCUT2D eigenvalue weighted by Crippen LogP contribution is -2.48. The molecule has 1 aromatic heterocycles. The number of nitrogens with zero attached hydrogens (tertiary/aromatic N) is 1. The van der Waals surface area contributed by atoms with Crippen molar-refractivity contribution in [3.8, 4) is 18.1 Å². The second kappa shape index (κ2) is 12.6. The van der Waals surface area contributed by atoms with E-state index in [1.165, 1.54) is 0 Å². The highest BCUT2D eigenvalue weighted by molar-refractivity contribution is 8.09. The number of esters is 1. The van der Waals surface area contributed by atoms with Gasteiger partial charge in [0.05, 0.1) is 12.7 Å². The number of carbonyl (C=O) groups is 1. The molecule has 2 aromatic rings. The van der Waals surface area contributed by atoms with E-state index in [9.17, 15) is 24.6 Å². The minimum Gasteiger partial charge on any atom is -0.462 e. The van der Waals surface area contributed by atoms with Gasteiger partial charge in [0, 0.05) is 12.3 Å². The zero-order valence-electron chi connectivity index (χ0n) is 21.8. The molecule has 0 amide bonds. The van der Waals surface area contributed by atoms with Crippen molar-refractivity contribution < 1.29 is 33.5 Å². The molecule has 2 unspecified atom stereocenters. The van der Waals surface area contributed by atoms with E-state index in [1.54, 1.807) is 58.0 Å². The van der Waals surface area contributed by atoms with Gasteiger partial charge in [0.1, 0.15) is 24.0 Å². The van der Waals surface area contributed by atoms with Crippen LogP contribution < -0.4 is 20.9 Å². The zero-order chi connectivity index (χ0) is 29.0. The van der Waals surface area contributed by atoms with Gasteiger partial charge in [0.2, 0.25) is 0 Å². The number of aliphatic hydroxyl groups excluding tert-OH is 1. The van der Waals surface area contributed by atoms with Crippen LogP contribution >= 0.6 is 6.64 Å².